The van der Waals surface area contributed by atoms with Gasteiger partial charge in [0.2, 0.25) is 0 Å². The topological polar surface area (TPSA) is 17.1 Å². The Morgan fingerprint density at radius 3 is 2.53 bits per heavy atom. The van der Waals surface area contributed by atoms with Gasteiger partial charge in [0.15, 0.2) is 5.78 Å². The van der Waals surface area contributed by atoms with Gasteiger partial charge in [-0.25, -0.2) is 0 Å². The van der Waals surface area contributed by atoms with Crippen LogP contribution >= 0.6 is 0 Å². The Hall–Kier alpha value is -1.89. The van der Waals surface area contributed by atoms with Crippen molar-refractivity contribution in [3.05, 3.63) is 54.1 Å². The lowest BCUT2D eigenvalue weighted by molar-refractivity contribution is -0.114. The minimum atomic E-state index is 0.263. The zero-order chi connectivity index (χ0) is 11.7. The van der Waals surface area contributed by atoms with Gasteiger partial charge in [0.05, 0.1) is 0 Å². The number of ketones is 1. The third kappa shape index (κ3) is 2.01. The quantitative estimate of drug-likeness (QED) is 0.713. The van der Waals surface area contributed by atoms with Crippen LogP contribution in [0.3, 0.4) is 0 Å². The van der Waals surface area contributed by atoms with Crippen molar-refractivity contribution in [2.24, 2.45) is 0 Å². The fourth-order valence-corrected chi connectivity index (χ4v) is 2.41. The average molecular weight is 222 g/mol. The van der Waals surface area contributed by atoms with Crippen LogP contribution in [0.2, 0.25) is 0 Å². The fraction of sp³-hybridized carbons (Fsp3) is 0.188. The molecule has 0 aliphatic heterocycles. The maximum absolute atomic E-state index is 11.4. The van der Waals surface area contributed by atoms with Crippen LogP contribution in [0, 0.1) is 0 Å². The Morgan fingerprint density at radius 2 is 1.71 bits per heavy atom. The average Bonchev–Trinajstić information content (AvgIpc) is 2.38. The van der Waals surface area contributed by atoms with Crippen molar-refractivity contribution in [1.82, 2.24) is 0 Å². The van der Waals surface area contributed by atoms with E-state index in [0.717, 1.165) is 12.8 Å². The lowest BCUT2D eigenvalue weighted by Gasteiger charge is -2.12. The van der Waals surface area contributed by atoms with Gasteiger partial charge in [-0.3, -0.25) is 4.79 Å². The molecule has 17 heavy (non-hydrogen) atoms. The van der Waals surface area contributed by atoms with Crippen molar-refractivity contribution in [2.45, 2.75) is 19.3 Å². The molecule has 0 N–H and O–H groups in total. The normalized spacial score (nSPS) is 16.0. The summed E-state index contributed by atoms with van der Waals surface area (Å²) in [4.78, 5) is 11.4. The minimum Gasteiger partial charge on any atom is -0.295 e. The molecule has 2 aromatic carbocycles. The minimum absolute atomic E-state index is 0.263. The van der Waals surface area contributed by atoms with Crippen LogP contribution < -0.4 is 0 Å². The molecule has 1 nitrogen and oxygen atoms in total. The molecule has 1 aliphatic carbocycles. The molecule has 1 heteroatoms. The van der Waals surface area contributed by atoms with Gasteiger partial charge < -0.3 is 0 Å². The maximum atomic E-state index is 11.4. The Morgan fingerprint density at radius 1 is 0.882 bits per heavy atom. The highest BCUT2D eigenvalue weighted by molar-refractivity contribution is 5.99. The van der Waals surface area contributed by atoms with Crippen molar-refractivity contribution in [1.29, 1.82) is 0 Å². The third-order valence-corrected chi connectivity index (χ3v) is 3.32. The second kappa shape index (κ2) is 4.17. The first kappa shape index (κ1) is 10.3. The molecule has 3 rings (SSSR count). The molecule has 0 fully saturated rings. The number of carbonyl (C=O) groups is 1. The predicted molar refractivity (Wildman–Crippen MR) is 70.8 cm³/mol. The maximum Gasteiger partial charge on any atom is 0.155 e. The molecule has 0 aromatic heterocycles. The molecule has 0 radical (unpaired) electrons. The molecular weight excluding hydrogens is 208 g/mol. The summed E-state index contributed by atoms with van der Waals surface area (Å²) in [5, 5.41) is 2.49. The molecule has 0 atom stereocenters. The Labute approximate surface area is 101 Å². The summed E-state index contributed by atoms with van der Waals surface area (Å²) in [6.45, 7) is 0. The van der Waals surface area contributed by atoms with Gasteiger partial charge in [0, 0.05) is 6.42 Å². The Balaban J connectivity index is 2.09. The summed E-state index contributed by atoms with van der Waals surface area (Å²) in [6, 6.07) is 14.7. The smallest absolute Gasteiger partial charge is 0.155 e. The van der Waals surface area contributed by atoms with Crippen LogP contribution in [-0.4, -0.2) is 5.78 Å². The molecular formula is C16H14O. The van der Waals surface area contributed by atoms with E-state index in [1.54, 1.807) is 0 Å². The molecule has 84 valence electrons. The van der Waals surface area contributed by atoms with Crippen LogP contribution in [0.4, 0.5) is 0 Å². The monoisotopic (exact) mass is 222 g/mol. The molecule has 0 unspecified atom stereocenters. The highest BCUT2D eigenvalue weighted by Gasteiger charge is 2.11. The first-order valence-corrected chi connectivity index (χ1v) is 6.05. The van der Waals surface area contributed by atoms with E-state index < -0.39 is 0 Å². The van der Waals surface area contributed by atoms with Gasteiger partial charge in [0.25, 0.3) is 0 Å². The molecule has 1 aliphatic rings. The van der Waals surface area contributed by atoms with E-state index in [9.17, 15) is 4.79 Å². The van der Waals surface area contributed by atoms with E-state index in [0.29, 0.717) is 6.42 Å². The zero-order valence-electron chi connectivity index (χ0n) is 9.65. The van der Waals surface area contributed by atoms with E-state index in [4.69, 9.17) is 0 Å². The molecule has 0 saturated heterocycles. The first-order chi connectivity index (χ1) is 8.33. The van der Waals surface area contributed by atoms with Crippen molar-refractivity contribution >= 4 is 22.1 Å². The molecule has 2 aromatic rings. The van der Waals surface area contributed by atoms with Crippen LogP contribution in [0.25, 0.3) is 16.3 Å². The molecule has 0 heterocycles. The van der Waals surface area contributed by atoms with E-state index in [1.807, 2.05) is 18.2 Å². The van der Waals surface area contributed by atoms with Crippen molar-refractivity contribution in [3.8, 4) is 0 Å². The van der Waals surface area contributed by atoms with Crippen molar-refractivity contribution in [3.63, 3.8) is 0 Å². The number of fused-ring (bicyclic) bond motifs is 1. The van der Waals surface area contributed by atoms with E-state index in [2.05, 4.69) is 30.3 Å². The zero-order valence-corrected chi connectivity index (χ0v) is 9.65. The molecule has 0 bridgehead atoms. The number of benzene rings is 2. The van der Waals surface area contributed by atoms with Crippen LogP contribution in [0.5, 0.6) is 0 Å². The molecule has 0 spiro atoms. The summed E-state index contributed by atoms with van der Waals surface area (Å²) >= 11 is 0. The van der Waals surface area contributed by atoms with Crippen LogP contribution in [0.15, 0.2) is 48.5 Å². The van der Waals surface area contributed by atoms with Gasteiger partial charge in [-0.1, -0.05) is 36.4 Å². The number of hydrogen-bond donors (Lipinski definition) is 0. The Kier molecular flexibility index (Phi) is 2.52. The van der Waals surface area contributed by atoms with Crippen molar-refractivity contribution in [2.75, 3.05) is 0 Å². The van der Waals surface area contributed by atoms with Gasteiger partial charge in [-0.2, -0.15) is 0 Å². The number of allylic oxidation sites excluding steroid dienone is 2. The summed E-state index contributed by atoms with van der Waals surface area (Å²) in [5.41, 5.74) is 2.38. The molecule has 0 saturated carbocycles. The van der Waals surface area contributed by atoms with Gasteiger partial charge in [0.1, 0.15) is 0 Å². The second-order valence-electron chi connectivity index (χ2n) is 4.55. The lowest BCUT2D eigenvalue weighted by Crippen LogP contribution is -2.01. The summed E-state index contributed by atoms with van der Waals surface area (Å²) < 4.78 is 0. The van der Waals surface area contributed by atoms with E-state index in [1.165, 1.54) is 21.9 Å². The third-order valence-electron chi connectivity index (χ3n) is 3.32. The van der Waals surface area contributed by atoms with Crippen LogP contribution in [-0.2, 0) is 4.79 Å². The fourth-order valence-electron chi connectivity index (χ4n) is 2.41. The highest BCUT2D eigenvalue weighted by Crippen LogP contribution is 2.27. The highest BCUT2D eigenvalue weighted by atomic mass is 16.1. The summed E-state index contributed by atoms with van der Waals surface area (Å²) in [5.74, 6) is 0.263. The molecule has 0 amide bonds. The van der Waals surface area contributed by atoms with E-state index in [-0.39, 0.29) is 5.78 Å². The summed E-state index contributed by atoms with van der Waals surface area (Å²) in [7, 11) is 0. The first-order valence-electron chi connectivity index (χ1n) is 6.05. The Bertz CT molecular complexity index is 608. The van der Waals surface area contributed by atoms with Gasteiger partial charge in [-0.05, 0) is 46.9 Å². The SMILES string of the molecule is O=C1C=C(c2ccc3ccccc3c2)CCC1. The summed E-state index contributed by atoms with van der Waals surface area (Å²) in [6.07, 6.45) is 4.52. The van der Waals surface area contributed by atoms with E-state index >= 15 is 0 Å². The number of rotatable bonds is 1. The largest absolute Gasteiger partial charge is 0.295 e. The lowest BCUT2D eigenvalue weighted by atomic mass is 9.92. The number of carbonyl (C=O) groups excluding carboxylic acids is 1. The van der Waals surface area contributed by atoms with Gasteiger partial charge in [-0.15, -0.1) is 0 Å². The van der Waals surface area contributed by atoms with Crippen molar-refractivity contribution < 1.29 is 4.79 Å². The number of hydrogen-bond acceptors (Lipinski definition) is 1. The second-order valence-corrected chi connectivity index (χ2v) is 4.55. The standard InChI is InChI=1S/C16H14O/c17-16-7-3-6-14(11-16)15-9-8-12-4-1-2-5-13(12)10-15/h1-2,4-5,8-11H,3,6-7H2. The van der Waals surface area contributed by atoms with Gasteiger partial charge >= 0.3 is 0 Å². The van der Waals surface area contributed by atoms with Crippen LogP contribution in [0.1, 0.15) is 24.8 Å². The predicted octanol–water partition coefficient (Wildman–Crippen LogP) is 3.98.